The molecule has 1 aliphatic carbocycles. The van der Waals surface area contributed by atoms with E-state index in [1.165, 1.54) is 15.6 Å². The number of carbonyl (C=O) groups excluding carboxylic acids is 4. The number of likely N-dealkylation sites (N-methyl/N-ethyl adjacent to an activating group) is 1. The molecule has 32 heavy (non-hydrogen) atoms. The van der Waals surface area contributed by atoms with Crippen LogP contribution in [0.3, 0.4) is 0 Å². The van der Waals surface area contributed by atoms with E-state index in [9.17, 15) is 19.2 Å². The number of hydrogen-bond acceptors (Lipinski definition) is 5. The van der Waals surface area contributed by atoms with Gasteiger partial charge in [0.1, 0.15) is 12.1 Å². The first kappa shape index (κ1) is 22.3. The quantitative estimate of drug-likeness (QED) is 0.613. The van der Waals surface area contributed by atoms with Gasteiger partial charge in [-0.05, 0) is 57.2 Å². The SMILES string of the molecule is CNC(C)C(=O)NC1CCC(=O)N2CCC(C(=O)NC3CCCc4ccccc43)N2C1=O. The van der Waals surface area contributed by atoms with Crippen molar-refractivity contribution < 1.29 is 19.2 Å². The summed E-state index contributed by atoms with van der Waals surface area (Å²) in [5.41, 5.74) is 2.35. The van der Waals surface area contributed by atoms with Gasteiger partial charge in [0.2, 0.25) is 17.7 Å². The Morgan fingerprint density at radius 2 is 1.81 bits per heavy atom. The van der Waals surface area contributed by atoms with Crippen molar-refractivity contribution in [3.05, 3.63) is 35.4 Å². The monoisotopic (exact) mass is 441 g/mol. The Balaban J connectivity index is 1.51. The molecule has 0 spiro atoms. The summed E-state index contributed by atoms with van der Waals surface area (Å²) in [5.74, 6) is -1.18. The first-order chi connectivity index (χ1) is 15.4. The van der Waals surface area contributed by atoms with Crippen LogP contribution in [0, 0.1) is 0 Å². The molecular weight excluding hydrogens is 410 g/mol. The number of amides is 4. The smallest absolute Gasteiger partial charge is 0.264 e. The van der Waals surface area contributed by atoms with Crippen molar-refractivity contribution >= 4 is 23.6 Å². The van der Waals surface area contributed by atoms with Gasteiger partial charge in [-0.1, -0.05) is 24.3 Å². The predicted molar refractivity (Wildman–Crippen MR) is 117 cm³/mol. The minimum absolute atomic E-state index is 0.105. The van der Waals surface area contributed by atoms with Crippen LogP contribution in [0.4, 0.5) is 0 Å². The van der Waals surface area contributed by atoms with E-state index >= 15 is 0 Å². The summed E-state index contributed by atoms with van der Waals surface area (Å²) in [5, 5.41) is 11.4. The zero-order valence-electron chi connectivity index (χ0n) is 18.6. The Labute approximate surface area is 187 Å². The van der Waals surface area contributed by atoms with E-state index < -0.39 is 24.0 Å². The second kappa shape index (κ2) is 9.28. The van der Waals surface area contributed by atoms with Crippen molar-refractivity contribution in [1.29, 1.82) is 0 Å². The minimum atomic E-state index is -0.837. The van der Waals surface area contributed by atoms with E-state index in [1.54, 1.807) is 14.0 Å². The maximum atomic E-state index is 13.3. The fourth-order valence-electron chi connectivity index (χ4n) is 4.82. The van der Waals surface area contributed by atoms with Crippen LogP contribution >= 0.6 is 0 Å². The molecule has 3 aliphatic rings. The molecule has 0 saturated carbocycles. The molecule has 1 aromatic carbocycles. The topological polar surface area (TPSA) is 111 Å². The molecule has 172 valence electrons. The Hall–Kier alpha value is -2.94. The Kier molecular flexibility index (Phi) is 6.45. The molecular formula is C23H31N5O4. The number of aryl methyl sites for hydroxylation is 1. The number of hydrazine groups is 1. The lowest BCUT2D eigenvalue weighted by Crippen LogP contribution is -2.58. The van der Waals surface area contributed by atoms with Crippen molar-refractivity contribution in [2.75, 3.05) is 13.6 Å². The second-order valence-corrected chi connectivity index (χ2v) is 8.77. The number of nitrogens with zero attached hydrogens (tertiary/aromatic N) is 2. The molecule has 4 atom stereocenters. The molecule has 0 bridgehead atoms. The molecule has 3 N–H and O–H groups in total. The van der Waals surface area contributed by atoms with Crippen molar-refractivity contribution in [3.63, 3.8) is 0 Å². The van der Waals surface area contributed by atoms with E-state index in [0.29, 0.717) is 13.0 Å². The first-order valence-electron chi connectivity index (χ1n) is 11.4. The Morgan fingerprint density at radius 1 is 1.03 bits per heavy atom. The fraction of sp³-hybridized carbons (Fsp3) is 0.565. The number of carbonyl (C=O) groups is 4. The van der Waals surface area contributed by atoms with Crippen LogP contribution in [-0.4, -0.2) is 65.4 Å². The Bertz CT molecular complexity index is 919. The molecule has 2 heterocycles. The number of fused-ring (bicyclic) bond motifs is 2. The van der Waals surface area contributed by atoms with E-state index in [2.05, 4.69) is 22.0 Å². The maximum absolute atomic E-state index is 13.3. The summed E-state index contributed by atoms with van der Waals surface area (Å²) in [6.45, 7) is 2.01. The van der Waals surface area contributed by atoms with Crippen LogP contribution in [0.15, 0.2) is 24.3 Å². The summed E-state index contributed by atoms with van der Waals surface area (Å²) >= 11 is 0. The van der Waals surface area contributed by atoms with Crippen LogP contribution in [0.5, 0.6) is 0 Å². The third-order valence-electron chi connectivity index (χ3n) is 6.76. The molecule has 4 amide bonds. The minimum Gasteiger partial charge on any atom is -0.347 e. The van der Waals surface area contributed by atoms with Crippen LogP contribution in [0.2, 0.25) is 0 Å². The predicted octanol–water partition coefficient (Wildman–Crippen LogP) is 0.411. The first-order valence-corrected chi connectivity index (χ1v) is 11.4. The third kappa shape index (κ3) is 4.21. The molecule has 2 aliphatic heterocycles. The summed E-state index contributed by atoms with van der Waals surface area (Å²) < 4.78 is 0. The summed E-state index contributed by atoms with van der Waals surface area (Å²) in [6.07, 6.45) is 3.56. The highest BCUT2D eigenvalue weighted by Crippen LogP contribution is 2.31. The fourth-order valence-corrected chi connectivity index (χ4v) is 4.82. The normalized spacial score (nSPS) is 26.1. The van der Waals surface area contributed by atoms with Gasteiger partial charge in [-0.15, -0.1) is 0 Å². The standard InChI is InChI=1S/C23H31N5O4/c1-14(24-2)21(30)26-18-10-11-20(29)27-13-12-19(28(27)23(18)32)22(31)25-17-9-5-7-15-6-3-4-8-16(15)17/h3-4,6,8,14,17-19,24H,5,7,9-13H2,1-2H3,(H,25,31)(H,26,30). The summed E-state index contributed by atoms with van der Waals surface area (Å²) in [4.78, 5) is 51.6. The molecule has 0 radical (unpaired) electrons. The van der Waals surface area contributed by atoms with Gasteiger partial charge in [-0.25, -0.2) is 5.01 Å². The highest BCUT2D eigenvalue weighted by atomic mass is 16.2. The summed E-state index contributed by atoms with van der Waals surface area (Å²) in [7, 11) is 1.66. The molecule has 2 saturated heterocycles. The van der Waals surface area contributed by atoms with Crippen molar-refractivity contribution in [3.8, 4) is 0 Å². The van der Waals surface area contributed by atoms with E-state index in [-0.39, 0.29) is 36.6 Å². The number of hydrogen-bond donors (Lipinski definition) is 3. The van der Waals surface area contributed by atoms with Crippen LogP contribution in [0.25, 0.3) is 0 Å². The number of benzene rings is 1. The highest BCUT2D eigenvalue weighted by molar-refractivity contribution is 5.96. The van der Waals surface area contributed by atoms with Gasteiger partial charge in [0.15, 0.2) is 0 Å². The van der Waals surface area contributed by atoms with Gasteiger partial charge in [0.25, 0.3) is 5.91 Å². The van der Waals surface area contributed by atoms with Crippen molar-refractivity contribution in [2.24, 2.45) is 0 Å². The second-order valence-electron chi connectivity index (χ2n) is 8.77. The molecule has 1 aromatic rings. The van der Waals surface area contributed by atoms with Gasteiger partial charge in [-0.3, -0.25) is 24.2 Å². The van der Waals surface area contributed by atoms with Crippen LogP contribution < -0.4 is 16.0 Å². The average Bonchev–Trinajstić information content (AvgIpc) is 3.22. The van der Waals surface area contributed by atoms with Gasteiger partial charge in [-0.2, -0.15) is 0 Å². The number of rotatable bonds is 5. The number of nitrogens with one attached hydrogen (secondary N) is 3. The molecule has 4 unspecified atom stereocenters. The van der Waals surface area contributed by atoms with Gasteiger partial charge < -0.3 is 16.0 Å². The lowest BCUT2D eigenvalue weighted by Gasteiger charge is -2.33. The maximum Gasteiger partial charge on any atom is 0.264 e. The van der Waals surface area contributed by atoms with Gasteiger partial charge in [0, 0.05) is 13.0 Å². The zero-order chi connectivity index (χ0) is 22.8. The van der Waals surface area contributed by atoms with Gasteiger partial charge in [0.05, 0.1) is 12.1 Å². The lowest BCUT2D eigenvalue weighted by atomic mass is 9.87. The van der Waals surface area contributed by atoms with Crippen molar-refractivity contribution in [2.45, 2.75) is 69.6 Å². The average molecular weight is 442 g/mol. The van der Waals surface area contributed by atoms with Crippen LogP contribution in [0.1, 0.15) is 56.2 Å². The highest BCUT2D eigenvalue weighted by Gasteiger charge is 2.47. The summed E-state index contributed by atoms with van der Waals surface area (Å²) in [6, 6.07) is 5.92. The zero-order valence-corrected chi connectivity index (χ0v) is 18.6. The third-order valence-corrected chi connectivity index (χ3v) is 6.76. The van der Waals surface area contributed by atoms with Crippen LogP contribution in [-0.2, 0) is 25.6 Å². The lowest BCUT2D eigenvalue weighted by molar-refractivity contribution is -0.162. The molecule has 0 aromatic heterocycles. The van der Waals surface area contributed by atoms with E-state index in [1.807, 2.05) is 18.2 Å². The molecule has 2 fully saturated rings. The van der Waals surface area contributed by atoms with Gasteiger partial charge >= 0.3 is 0 Å². The Morgan fingerprint density at radius 3 is 2.59 bits per heavy atom. The molecule has 4 rings (SSSR count). The largest absolute Gasteiger partial charge is 0.347 e. The molecule has 9 heteroatoms. The van der Waals surface area contributed by atoms with Crippen molar-refractivity contribution in [1.82, 2.24) is 26.0 Å². The molecule has 9 nitrogen and oxygen atoms in total. The van der Waals surface area contributed by atoms with E-state index in [4.69, 9.17) is 0 Å². The van der Waals surface area contributed by atoms with E-state index in [0.717, 1.165) is 24.8 Å².